The fraction of sp³-hybridized carbons (Fsp3) is 0.462. The normalized spacial score (nSPS) is 10.2. The summed E-state index contributed by atoms with van der Waals surface area (Å²) in [4.78, 5) is 12.0. The van der Waals surface area contributed by atoms with Gasteiger partial charge in [-0.05, 0) is 31.0 Å². The van der Waals surface area contributed by atoms with Crippen LogP contribution in [0.25, 0.3) is 0 Å². The monoisotopic (exact) mass is 270 g/mol. The molecule has 0 heterocycles. The molecule has 0 spiro atoms. The van der Waals surface area contributed by atoms with Crippen molar-refractivity contribution in [3.8, 4) is 0 Å². The summed E-state index contributed by atoms with van der Waals surface area (Å²) >= 11 is 5.90. The van der Waals surface area contributed by atoms with Gasteiger partial charge < -0.3 is 15.4 Å². The number of hydrogen-bond donors (Lipinski definition) is 2. The third-order valence-electron chi connectivity index (χ3n) is 2.56. The van der Waals surface area contributed by atoms with Crippen molar-refractivity contribution in [3.05, 3.63) is 28.8 Å². The van der Waals surface area contributed by atoms with Crippen molar-refractivity contribution in [1.29, 1.82) is 0 Å². The van der Waals surface area contributed by atoms with Crippen LogP contribution in [0.15, 0.2) is 18.2 Å². The predicted molar refractivity (Wildman–Crippen MR) is 74.4 cm³/mol. The minimum atomic E-state index is -0.112. The van der Waals surface area contributed by atoms with Gasteiger partial charge in [0.05, 0.1) is 5.56 Å². The predicted octanol–water partition coefficient (Wildman–Crippen LogP) is 2.54. The zero-order valence-corrected chi connectivity index (χ0v) is 11.5. The molecule has 0 saturated carbocycles. The minimum Gasteiger partial charge on any atom is -0.387 e. The van der Waals surface area contributed by atoms with E-state index in [1.807, 2.05) is 0 Å². The fourth-order valence-electron chi connectivity index (χ4n) is 1.59. The van der Waals surface area contributed by atoms with Gasteiger partial charge in [0.15, 0.2) is 0 Å². The lowest BCUT2D eigenvalue weighted by molar-refractivity contribution is 0.0952. The highest BCUT2D eigenvalue weighted by molar-refractivity contribution is 6.31. The first-order valence-corrected chi connectivity index (χ1v) is 6.31. The van der Waals surface area contributed by atoms with Gasteiger partial charge in [-0.2, -0.15) is 0 Å². The van der Waals surface area contributed by atoms with Crippen molar-refractivity contribution in [3.63, 3.8) is 0 Å². The van der Waals surface area contributed by atoms with E-state index in [-0.39, 0.29) is 5.91 Å². The molecule has 0 saturated heterocycles. The van der Waals surface area contributed by atoms with Gasteiger partial charge in [-0.3, -0.25) is 4.79 Å². The van der Waals surface area contributed by atoms with Gasteiger partial charge in [-0.25, -0.2) is 0 Å². The maximum atomic E-state index is 12.0. The Kier molecular flexibility index (Phi) is 6.54. The molecule has 0 radical (unpaired) electrons. The van der Waals surface area contributed by atoms with E-state index in [9.17, 15) is 4.79 Å². The van der Waals surface area contributed by atoms with E-state index >= 15 is 0 Å². The molecule has 18 heavy (non-hydrogen) atoms. The molecule has 100 valence electrons. The van der Waals surface area contributed by atoms with Crippen molar-refractivity contribution in [1.82, 2.24) is 5.32 Å². The number of carbonyl (C=O) groups excluding carboxylic acids is 1. The second-order valence-electron chi connectivity index (χ2n) is 3.90. The largest absolute Gasteiger partial charge is 0.387 e. The highest BCUT2D eigenvalue weighted by atomic mass is 35.5. The molecule has 0 aliphatic heterocycles. The van der Waals surface area contributed by atoms with Gasteiger partial charge in [-0.15, -0.1) is 0 Å². The molecular weight excluding hydrogens is 252 g/mol. The number of anilines is 1. The SMILES string of the molecule is CNc1ccc(Cl)cc1C(=O)NCCCCOC. The molecule has 1 aromatic carbocycles. The van der Waals surface area contributed by atoms with Crippen molar-refractivity contribution < 1.29 is 9.53 Å². The summed E-state index contributed by atoms with van der Waals surface area (Å²) < 4.78 is 4.95. The van der Waals surface area contributed by atoms with E-state index in [1.165, 1.54) is 0 Å². The van der Waals surface area contributed by atoms with E-state index in [1.54, 1.807) is 32.4 Å². The van der Waals surface area contributed by atoms with Crippen molar-refractivity contribution in [2.24, 2.45) is 0 Å². The van der Waals surface area contributed by atoms with Gasteiger partial charge in [0.25, 0.3) is 5.91 Å². The number of rotatable bonds is 7. The quantitative estimate of drug-likeness (QED) is 0.749. The van der Waals surface area contributed by atoms with Crippen LogP contribution in [0.4, 0.5) is 5.69 Å². The Hall–Kier alpha value is -1.26. The number of ether oxygens (including phenoxy) is 1. The Balaban J connectivity index is 2.52. The first-order chi connectivity index (χ1) is 8.69. The lowest BCUT2D eigenvalue weighted by Gasteiger charge is -2.10. The molecule has 0 fully saturated rings. The van der Waals surface area contributed by atoms with Crippen LogP contribution in [-0.2, 0) is 4.74 Å². The van der Waals surface area contributed by atoms with Crippen LogP contribution in [0, 0.1) is 0 Å². The summed E-state index contributed by atoms with van der Waals surface area (Å²) in [7, 11) is 3.45. The molecule has 5 heteroatoms. The zero-order valence-electron chi connectivity index (χ0n) is 10.8. The van der Waals surface area contributed by atoms with Gasteiger partial charge in [0.1, 0.15) is 0 Å². The number of methoxy groups -OCH3 is 1. The summed E-state index contributed by atoms with van der Waals surface area (Å²) in [6, 6.07) is 5.21. The van der Waals surface area contributed by atoms with Crippen molar-refractivity contribution in [2.45, 2.75) is 12.8 Å². The molecule has 1 amide bonds. The van der Waals surface area contributed by atoms with Crippen LogP contribution < -0.4 is 10.6 Å². The Morgan fingerprint density at radius 1 is 1.39 bits per heavy atom. The topological polar surface area (TPSA) is 50.4 Å². The van der Waals surface area contributed by atoms with Gasteiger partial charge in [0.2, 0.25) is 0 Å². The first kappa shape index (κ1) is 14.8. The highest BCUT2D eigenvalue weighted by Crippen LogP contribution is 2.20. The number of benzene rings is 1. The third kappa shape index (κ3) is 4.55. The summed E-state index contributed by atoms with van der Waals surface area (Å²) in [5.41, 5.74) is 1.34. The fourth-order valence-corrected chi connectivity index (χ4v) is 1.76. The first-order valence-electron chi connectivity index (χ1n) is 5.93. The Bertz CT molecular complexity index is 397. The van der Waals surface area contributed by atoms with Gasteiger partial charge in [-0.1, -0.05) is 11.6 Å². The summed E-state index contributed by atoms with van der Waals surface area (Å²) in [6.45, 7) is 1.35. The standard InChI is InChI=1S/C13H19ClN2O2/c1-15-12-6-5-10(14)9-11(12)13(17)16-7-3-4-8-18-2/h5-6,9,15H,3-4,7-8H2,1-2H3,(H,16,17). The van der Waals surface area contributed by atoms with Crippen molar-refractivity contribution in [2.75, 3.05) is 32.6 Å². The molecule has 4 nitrogen and oxygen atoms in total. The lowest BCUT2D eigenvalue weighted by atomic mass is 10.1. The average molecular weight is 271 g/mol. The number of carbonyl (C=O) groups is 1. The molecule has 0 aromatic heterocycles. The summed E-state index contributed by atoms with van der Waals surface area (Å²) in [6.07, 6.45) is 1.83. The third-order valence-corrected chi connectivity index (χ3v) is 2.79. The van der Waals surface area contributed by atoms with Crippen LogP contribution in [0.2, 0.25) is 5.02 Å². The van der Waals surface area contributed by atoms with E-state index in [4.69, 9.17) is 16.3 Å². The molecular formula is C13H19ClN2O2. The number of halogens is 1. The molecule has 1 rings (SSSR count). The zero-order chi connectivity index (χ0) is 13.4. The summed E-state index contributed by atoms with van der Waals surface area (Å²) in [5, 5.41) is 6.40. The van der Waals surface area contributed by atoms with Crippen molar-refractivity contribution >= 4 is 23.2 Å². The minimum absolute atomic E-state index is 0.112. The molecule has 0 aliphatic carbocycles. The number of unbranched alkanes of at least 4 members (excludes halogenated alkanes) is 1. The molecule has 0 bridgehead atoms. The molecule has 0 unspecified atom stereocenters. The second kappa shape index (κ2) is 7.95. The van der Waals surface area contributed by atoms with E-state index in [2.05, 4.69) is 10.6 Å². The Labute approximate surface area is 113 Å². The van der Waals surface area contributed by atoms with Crippen LogP contribution in [0.1, 0.15) is 23.2 Å². The maximum Gasteiger partial charge on any atom is 0.253 e. The number of nitrogens with one attached hydrogen (secondary N) is 2. The van der Waals surface area contributed by atoms with Crippen LogP contribution in [-0.4, -0.2) is 33.2 Å². The highest BCUT2D eigenvalue weighted by Gasteiger charge is 2.10. The molecule has 1 aromatic rings. The van der Waals surface area contributed by atoms with Crippen LogP contribution in [0.5, 0.6) is 0 Å². The maximum absolute atomic E-state index is 12.0. The lowest BCUT2D eigenvalue weighted by Crippen LogP contribution is -2.25. The number of hydrogen-bond acceptors (Lipinski definition) is 3. The second-order valence-corrected chi connectivity index (χ2v) is 4.33. The summed E-state index contributed by atoms with van der Waals surface area (Å²) in [5.74, 6) is -0.112. The molecule has 0 aliphatic rings. The van der Waals surface area contributed by atoms with E-state index < -0.39 is 0 Å². The van der Waals surface area contributed by atoms with Gasteiger partial charge in [0, 0.05) is 38.0 Å². The van der Waals surface area contributed by atoms with Gasteiger partial charge >= 0.3 is 0 Å². The molecule has 2 N–H and O–H groups in total. The van der Waals surface area contributed by atoms with E-state index in [0.717, 1.165) is 25.1 Å². The average Bonchev–Trinajstić information content (AvgIpc) is 2.38. The Morgan fingerprint density at radius 2 is 2.17 bits per heavy atom. The smallest absolute Gasteiger partial charge is 0.253 e. The number of amides is 1. The molecule has 0 atom stereocenters. The van der Waals surface area contributed by atoms with Crippen LogP contribution in [0.3, 0.4) is 0 Å². The Morgan fingerprint density at radius 3 is 2.83 bits per heavy atom. The van der Waals surface area contributed by atoms with E-state index in [0.29, 0.717) is 17.1 Å². The van der Waals surface area contributed by atoms with Crippen LogP contribution >= 0.6 is 11.6 Å².